The lowest BCUT2D eigenvalue weighted by Crippen LogP contribution is -2.30. The van der Waals surface area contributed by atoms with Crippen molar-refractivity contribution < 1.29 is 0 Å². The SMILES string of the molecule is CCCCNCc1cc2cccc3c2n(c1=O)CCC3. The van der Waals surface area contributed by atoms with Gasteiger partial charge in [-0.2, -0.15) is 0 Å². The highest BCUT2D eigenvalue weighted by atomic mass is 16.1. The first-order chi connectivity index (χ1) is 9.81. The van der Waals surface area contributed by atoms with Gasteiger partial charge in [0.25, 0.3) is 5.56 Å². The van der Waals surface area contributed by atoms with Gasteiger partial charge in [0.1, 0.15) is 0 Å². The molecule has 1 N–H and O–H groups in total. The molecule has 3 rings (SSSR count). The van der Waals surface area contributed by atoms with Gasteiger partial charge in [-0.1, -0.05) is 31.5 Å². The molecule has 0 fully saturated rings. The lowest BCUT2D eigenvalue weighted by Gasteiger charge is -2.20. The van der Waals surface area contributed by atoms with Gasteiger partial charge in [-0.25, -0.2) is 0 Å². The molecule has 20 heavy (non-hydrogen) atoms. The number of para-hydroxylation sites is 1. The zero-order valence-corrected chi connectivity index (χ0v) is 12.1. The fourth-order valence-corrected chi connectivity index (χ4v) is 3.08. The molecule has 1 aliphatic rings. The Morgan fingerprint density at radius 3 is 3.10 bits per heavy atom. The first-order valence-corrected chi connectivity index (χ1v) is 7.66. The molecular formula is C17H22N2O. The Morgan fingerprint density at radius 1 is 1.35 bits per heavy atom. The molecule has 0 amide bonds. The van der Waals surface area contributed by atoms with Crippen LogP contribution in [0.4, 0.5) is 0 Å². The lowest BCUT2D eigenvalue weighted by atomic mass is 10.00. The number of benzene rings is 1. The van der Waals surface area contributed by atoms with Crippen LogP contribution >= 0.6 is 0 Å². The highest BCUT2D eigenvalue weighted by molar-refractivity contribution is 5.83. The van der Waals surface area contributed by atoms with E-state index in [-0.39, 0.29) is 5.56 Å². The minimum absolute atomic E-state index is 0.189. The molecule has 106 valence electrons. The highest BCUT2D eigenvalue weighted by Crippen LogP contribution is 2.23. The van der Waals surface area contributed by atoms with Crippen LogP contribution in [0, 0.1) is 0 Å². The van der Waals surface area contributed by atoms with Gasteiger partial charge in [0.2, 0.25) is 0 Å². The number of unbranched alkanes of at least 4 members (excludes halogenated alkanes) is 1. The van der Waals surface area contributed by atoms with Gasteiger partial charge in [-0.05, 0) is 42.8 Å². The van der Waals surface area contributed by atoms with Gasteiger partial charge >= 0.3 is 0 Å². The van der Waals surface area contributed by atoms with E-state index >= 15 is 0 Å². The molecule has 3 nitrogen and oxygen atoms in total. The number of hydrogen-bond acceptors (Lipinski definition) is 2. The summed E-state index contributed by atoms with van der Waals surface area (Å²) in [6, 6.07) is 8.44. The van der Waals surface area contributed by atoms with E-state index in [1.165, 1.54) is 17.4 Å². The van der Waals surface area contributed by atoms with E-state index < -0.39 is 0 Å². The van der Waals surface area contributed by atoms with Gasteiger partial charge in [-0.15, -0.1) is 0 Å². The van der Waals surface area contributed by atoms with Gasteiger partial charge in [0, 0.05) is 18.7 Å². The molecule has 1 aromatic heterocycles. The molecular weight excluding hydrogens is 248 g/mol. The molecule has 2 aromatic rings. The molecule has 0 saturated heterocycles. The average molecular weight is 270 g/mol. The number of nitrogens with one attached hydrogen (secondary N) is 1. The van der Waals surface area contributed by atoms with Gasteiger partial charge in [0.05, 0.1) is 5.52 Å². The van der Waals surface area contributed by atoms with E-state index in [4.69, 9.17) is 0 Å². The van der Waals surface area contributed by atoms with Crippen LogP contribution < -0.4 is 10.9 Å². The highest BCUT2D eigenvalue weighted by Gasteiger charge is 2.15. The smallest absolute Gasteiger partial charge is 0.255 e. The molecule has 0 atom stereocenters. The van der Waals surface area contributed by atoms with Crippen molar-refractivity contribution in [1.29, 1.82) is 0 Å². The van der Waals surface area contributed by atoms with Crippen LogP contribution in [0.25, 0.3) is 10.9 Å². The lowest BCUT2D eigenvalue weighted by molar-refractivity contribution is 0.597. The second kappa shape index (κ2) is 5.80. The van der Waals surface area contributed by atoms with Crippen LogP contribution in [0.2, 0.25) is 0 Å². The summed E-state index contributed by atoms with van der Waals surface area (Å²) in [4.78, 5) is 12.6. The van der Waals surface area contributed by atoms with Crippen molar-refractivity contribution >= 4 is 10.9 Å². The van der Waals surface area contributed by atoms with Gasteiger partial charge < -0.3 is 9.88 Å². The maximum atomic E-state index is 12.6. The van der Waals surface area contributed by atoms with Crippen LogP contribution in [-0.2, 0) is 19.5 Å². The first-order valence-electron chi connectivity index (χ1n) is 7.66. The third kappa shape index (κ3) is 2.38. The third-order valence-electron chi connectivity index (χ3n) is 4.12. The number of aromatic nitrogens is 1. The number of pyridine rings is 1. The van der Waals surface area contributed by atoms with Gasteiger partial charge in [-0.3, -0.25) is 4.79 Å². The van der Waals surface area contributed by atoms with Crippen LogP contribution in [0.1, 0.15) is 37.3 Å². The first kappa shape index (κ1) is 13.4. The molecule has 1 aliphatic heterocycles. The second-order valence-corrected chi connectivity index (χ2v) is 5.62. The number of aryl methyl sites for hydroxylation is 2. The van der Waals surface area contributed by atoms with E-state index in [1.807, 2.05) is 4.57 Å². The Kier molecular flexibility index (Phi) is 3.88. The summed E-state index contributed by atoms with van der Waals surface area (Å²) < 4.78 is 1.98. The predicted octanol–water partition coefficient (Wildman–Crippen LogP) is 2.84. The van der Waals surface area contributed by atoms with Crippen molar-refractivity contribution in [1.82, 2.24) is 9.88 Å². The molecule has 0 aliphatic carbocycles. The molecule has 3 heteroatoms. The van der Waals surface area contributed by atoms with Crippen molar-refractivity contribution in [2.24, 2.45) is 0 Å². The Balaban J connectivity index is 1.99. The Morgan fingerprint density at radius 2 is 2.25 bits per heavy atom. The van der Waals surface area contributed by atoms with E-state index in [0.29, 0.717) is 6.54 Å². The van der Waals surface area contributed by atoms with E-state index in [1.54, 1.807) is 0 Å². The molecule has 0 bridgehead atoms. The summed E-state index contributed by atoms with van der Waals surface area (Å²) >= 11 is 0. The summed E-state index contributed by atoms with van der Waals surface area (Å²) in [7, 11) is 0. The minimum Gasteiger partial charge on any atom is -0.312 e. The quantitative estimate of drug-likeness (QED) is 0.848. The maximum Gasteiger partial charge on any atom is 0.255 e. The minimum atomic E-state index is 0.189. The summed E-state index contributed by atoms with van der Waals surface area (Å²) in [5.74, 6) is 0. The normalized spacial score (nSPS) is 13.8. The van der Waals surface area contributed by atoms with E-state index in [9.17, 15) is 4.79 Å². The molecule has 2 heterocycles. The maximum absolute atomic E-state index is 12.6. The summed E-state index contributed by atoms with van der Waals surface area (Å²) in [6.07, 6.45) is 4.49. The summed E-state index contributed by atoms with van der Waals surface area (Å²) in [5, 5.41) is 4.58. The fraction of sp³-hybridized carbons (Fsp3) is 0.471. The van der Waals surface area contributed by atoms with E-state index in [2.05, 4.69) is 36.5 Å². The molecule has 0 radical (unpaired) electrons. The zero-order chi connectivity index (χ0) is 13.9. The Labute approximate surface area is 119 Å². The van der Waals surface area contributed by atoms with Crippen molar-refractivity contribution in [2.45, 2.75) is 45.7 Å². The number of hydrogen-bond donors (Lipinski definition) is 1. The topological polar surface area (TPSA) is 34.0 Å². The predicted molar refractivity (Wildman–Crippen MR) is 83.1 cm³/mol. The fourth-order valence-electron chi connectivity index (χ4n) is 3.08. The monoisotopic (exact) mass is 270 g/mol. The van der Waals surface area contributed by atoms with Crippen molar-refractivity contribution in [3.63, 3.8) is 0 Å². The Hall–Kier alpha value is -1.61. The van der Waals surface area contributed by atoms with Gasteiger partial charge in [0.15, 0.2) is 0 Å². The molecule has 0 unspecified atom stereocenters. The third-order valence-corrected chi connectivity index (χ3v) is 4.12. The summed E-state index contributed by atoms with van der Waals surface area (Å²) in [5.41, 5.74) is 3.55. The van der Waals surface area contributed by atoms with Crippen LogP contribution in [0.5, 0.6) is 0 Å². The largest absolute Gasteiger partial charge is 0.312 e. The van der Waals surface area contributed by atoms with Crippen LogP contribution in [-0.4, -0.2) is 11.1 Å². The van der Waals surface area contributed by atoms with Crippen LogP contribution in [0.15, 0.2) is 29.1 Å². The van der Waals surface area contributed by atoms with Crippen molar-refractivity contribution in [3.8, 4) is 0 Å². The number of rotatable bonds is 5. The van der Waals surface area contributed by atoms with Crippen molar-refractivity contribution in [3.05, 3.63) is 45.7 Å². The number of nitrogens with zero attached hydrogens (tertiary/aromatic N) is 1. The second-order valence-electron chi connectivity index (χ2n) is 5.62. The molecule has 0 saturated carbocycles. The Bertz CT molecular complexity index is 672. The van der Waals surface area contributed by atoms with Crippen molar-refractivity contribution in [2.75, 3.05) is 6.54 Å². The van der Waals surface area contributed by atoms with Crippen LogP contribution in [0.3, 0.4) is 0 Å². The standard InChI is InChI=1S/C17H22N2O/c1-2-3-9-18-12-15-11-14-7-4-6-13-8-5-10-19(16(13)14)17(15)20/h4,6-7,11,18H,2-3,5,8-10,12H2,1H3. The zero-order valence-electron chi connectivity index (χ0n) is 12.1. The average Bonchev–Trinajstić information content (AvgIpc) is 2.48. The molecule has 1 aromatic carbocycles. The molecule has 0 spiro atoms. The summed E-state index contributed by atoms with van der Waals surface area (Å²) in [6.45, 7) is 4.69. The van der Waals surface area contributed by atoms with E-state index in [0.717, 1.165) is 43.4 Å².